The highest BCUT2D eigenvalue weighted by atomic mass is 32.2. The van der Waals surface area contributed by atoms with Gasteiger partial charge in [-0.1, -0.05) is 6.07 Å². The first-order valence-electron chi connectivity index (χ1n) is 9.82. The number of oxazole rings is 1. The van der Waals surface area contributed by atoms with Crippen LogP contribution in [0.3, 0.4) is 0 Å². The number of rotatable bonds is 5. The molecular formula is C22H19F3N2O5S. The molecule has 0 aliphatic carbocycles. The van der Waals surface area contributed by atoms with Crippen LogP contribution < -0.4 is 4.74 Å². The van der Waals surface area contributed by atoms with Gasteiger partial charge in [0.2, 0.25) is 5.89 Å². The van der Waals surface area contributed by atoms with E-state index in [2.05, 4.69) is 4.98 Å². The Balaban J connectivity index is 1.66. The van der Waals surface area contributed by atoms with Crippen molar-refractivity contribution in [3.8, 4) is 17.2 Å². The van der Waals surface area contributed by atoms with Crippen molar-refractivity contribution in [1.29, 1.82) is 0 Å². The van der Waals surface area contributed by atoms with Gasteiger partial charge in [0.05, 0.1) is 16.7 Å². The van der Waals surface area contributed by atoms with E-state index in [4.69, 9.17) is 9.15 Å². The number of sulfone groups is 1. The van der Waals surface area contributed by atoms with E-state index in [-0.39, 0.29) is 29.3 Å². The van der Waals surface area contributed by atoms with E-state index >= 15 is 0 Å². The first-order chi connectivity index (χ1) is 15.4. The van der Waals surface area contributed by atoms with E-state index < -0.39 is 28.0 Å². The van der Waals surface area contributed by atoms with Crippen molar-refractivity contribution in [2.24, 2.45) is 0 Å². The number of hydrogen-bond donors (Lipinski definition) is 0. The van der Waals surface area contributed by atoms with E-state index in [0.29, 0.717) is 5.89 Å². The van der Waals surface area contributed by atoms with E-state index in [0.717, 1.165) is 48.1 Å². The molecule has 0 saturated carbocycles. The molecule has 1 atom stereocenters. The number of amides is 1. The van der Waals surface area contributed by atoms with Crippen molar-refractivity contribution in [2.45, 2.75) is 37.2 Å². The maximum atomic E-state index is 13.3. The minimum Gasteiger partial charge on any atom is -0.480 e. The van der Waals surface area contributed by atoms with Gasteiger partial charge < -0.3 is 14.1 Å². The lowest BCUT2D eigenvalue weighted by atomic mass is 10.1. The zero-order valence-corrected chi connectivity index (χ0v) is 18.4. The molecule has 0 N–H and O–H groups in total. The van der Waals surface area contributed by atoms with E-state index in [9.17, 15) is 26.4 Å². The molecule has 1 unspecified atom stereocenters. The second-order valence-corrected chi connectivity index (χ2v) is 9.73. The van der Waals surface area contributed by atoms with Crippen LogP contribution in [0.4, 0.5) is 13.2 Å². The molecule has 0 spiro atoms. The Morgan fingerprint density at radius 1 is 1.15 bits per heavy atom. The molecule has 0 radical (unpaired) electrons. The third-order valence-corrected chi connectivity index (χ3v) is 6.38. The van der Waals surface area contributed by atoms with E-state index in [1.807, 2.05) is 12.1 Å². The molecule has 1 aromatic heterocycles. The van der Waals surface area contributed by atoms with Gasteiger partial charge in [0, 0.05) is 24.9 Å². The summed E-state index contributed by atoms with van der Waals surface area (Å²) in [4.78, 5) is 18.6. The van der Waals surface area contributed by atoms with Crippen LogP contribution in [0.25, 0.3) is 11.5 Å². The summed E-state index contributed by atoms with van der Waals surface area (Å²) in [5.74, 6) is -0.562. The van der Waals surface area contributed by atoms with Gasteiger partial charge in [-0.15, -0.1) is 0 Å². The number of alkyl halides is 3. The lowest BCUT2D eigenvalue weighted by Gasteiger charge is -2.22. The Hall–Kier alpha value is -3.34. The molecule has 7 nitrogen and oxygen atoms in total. The standard InChI is InChI=1S/C22H19F3N2O5S/c1-13(22(23,24)25)32-19-6-5-17(33(2,29)30)10-18(19)21(28)27-11-15-4-3-14(9-16(15)12-27)20-26-7-8-31-20/h3-10,13H,11-12H2,1-2H3. The van der Waals surface area contributed by atoms with Gasteiger partial charge in [0.1, 0.15) is 12.0 Å². The molecule has 4 rings (SSSR count). The van der Waals surface area contributed by atoms with Crippen LogP contribution in [0.1, 0.15) is 28.4 Å². The van der Waals surface area contributed by atoms with Crippen LogP contribution in [0.15, 0.2) is 58.2 Å². The molecule has 0 fully saturated rings. The molecular weight excluding hydrogens is 461 g/mol. The van der Waals surface area contributed by atoms with Crippen molar-refractivity contribution < 1.29 is 35.5 Å². The summed E-state index contributed by atoms with van der Waals surface area (Å²) in [5.41, 5.74) is 2.14. The normalized spacial score (nSPS) is 14.8. The number of carbonyl (C=O) groups excluding carboxylic acids is 1. The number of halogens is 3. The average Bonchev–Trinajstić information content (AvgIpc) is 3.41. The number of aromatic nitrogens is 1. The number of nitrogens with zero attached hydrogens (tertiary/aromatic N) is 2. The Morgan fingerprint density at radius 2 is 1.88 bits per heavy atom. The Kier molecular flexibility index (Phi) is 5.69. The summed E-state index contributed by atoms with van der Waals surface area (Å²) < 4.78 is 73.4. The first kappa shape index (κ1) is 22.8. The molecule has 2 aromatic carbocycles. The quantitative estimate of drug-likeness (QED) is 0.543. The van der Waals surface area contributed by atoms with Crippen LogP contribution in [-0.4, -0.2) is 42.7 Å². The summed E-state index contributed by atoms with van der Waals surface area (Å²) in [6.07, 6.45) is -2.94. The SMILES string of the molecule is CC(Oc1ccc(S(C)(=O)=O)cc1C(=O)N1Cc2ccc(-c3ncco3)cc2C1)C(F)(F)F. The zero-order chi connectivity index (χ0) is 24.0. The number of hydrogen-bond acceptors (Lipinski definition) is 6. The molecule has 0 bridgehead atoms. The zero-order valence-electron chi connectivity index (χ0n) is 17.6. The van der Waals surface area contributed by atoms with Crippen molar-refractivity contribution >= 4 is 15.7 Å². The Labute approximate surface area is 187 Å². The minimum absolute atomic E-state index is 0.181. The molecule has 1 aliphatic heterocycles. The van der Waals surface area contributed by atoms with Crippen LogP contribution in [-0.2, 0) is 22.9 Å². The van der Waals surface area contributed by atoms with E-state index in [1.165, 1.54) is 17.4 Å². The molecule has 1 aliphatic rings. The van der Waals surface area contributed by atoms with Gasteiger partial charge in [-0.2, -0.15) is 13.2 Å². The summed E-state index contributed by atoms with van der Waals surface area (Å²) in [6, 6.07) is 8.68. The molecule has 1 amide bonds. The number of fused-ring (bicyclic) bond motifs is 1. The fourth-order valence-corrected chi connectivity index (χ4v) is 4.12. The molecule has 33 heavy (non-hydrogen) atoms. The topological polar surface area (TPSA) is 89.7 Å². The lowest BCUT2D eigenvalue weighted by molar-refractivity contribution is -0.189. The van der Waals surface area contributed by atoms with Crippen LogP contribution in [0.5, 0.6) is 5.75 Å². The third kappa shape index (κ3) is 4.72. The molecule has 3 aromatic rings. The van der Waals surface area contributed by atoms with Gasteiger partial charge in [-0.05, 0) is 48.4 Å². The Morgan fingerprint density at radius 3 is 2.52 bits per heavy atom. The van der Waals surface area contributed by atoms with Crippen molar-refractivity contribution in [1.82, 2.24) is 9.88 Å². The summed E-state index contributed by atoms with van der Waals surface area (Å²) in [5, 5.41) is 0. The second-order valence-electron chi connectivity index (χ2n) is 7.71. The molecule has 2 heterocycles. The summed E-state index contributed by atoms with van der Waals surface area (Å²) >= 11 is 0. The predicted octanol–water partition coefficient (Wildman–Crippen LogP) is 4.23. The number of carbonyl (C=O) groups is 1. The van der Waals surface area contributed by atoms with Crippen LogP contribution in [0, 0.1) is 0 Å². The van der Waals surface area contributed by atoms with Crippen molar-refractivity contribution in [3.05, 3.63) is 65.5 Å². The van der Waals surface area contributed by atoms with Crippen LogP contribution >= 0.6 is 0 Å². The minimum atomic E-state index is -4.66. The van der Waals surface area contributed by atoms with Gasteiger partial charge in [0.15, 0.2) is 15.9 Å². The van der Waals surface area contributed by atoms with Gasteiger partial charge in [0.25, 0.3) is 5.91 Å². The van der Waals surface area contributed by atoms with Crippen molar-refractivity contribution in [2.75, 3.05) is 6.26 Å². The largest absolute Gasteiger partial charge is 0.480 e. The van der Waals surface area contributed by atoms with E-state index in [1.54, 1.807) is 6.07 Å². The second kappa shape index (κ2) is 8.22. The maximum absolute atomic E-state index is 13.3. The molecule has 11 heteroatoms. The highest BCUT2D eigenvalue weighted by molar-refractivity contribution is 7.90. The van der Waals surface area contributed by atoms with Gasteiger partial charge in [-0.3, -0.25) is 4.79 Å². The van der Waals surface area contributed by atoms with Crippen LogP contribution in [0.2, 0.25) is 0 Å². The lowest BCUT2D eigenvalue weighted by Crippen LogP contribution is -2.32. The number of ether oxygens (including phenoxy) is 1. The molecule has 174 valence electrons. The molecule has 0 saturated heterocycles. The smallest absolute Gasteiger partial charge is 0.425 e. The highest BCUT2D eigenvalue weighted by Gasteiger charge is 2.39. The number of benzene rings is 2. The first-order valence-corrected chi connectivity index (χ1v) is 11.7. The fraction of sp³-hybridized carbons (Fsp3) is 0.273. The highest BCUT2D eigenvalue weighted by Crippen LogP contribution is 2.33. The maximum Gasteiger partial charge on any atom is 0.425 e. The Bertz CT molecular complexity index is 1300. The van der Waals surface area contributed by atoms with Gasteiger partial charge in [-0.25, -0.2) is 13.4 Å². The third-order valence-electron chi connectivity index (χ3n) is 5.27. The fourth-order valence-electron chi connectivity index (χ4n) is 3.47. The predicted molar refractivity (Wildman–Crippen MR) is 111 cm³/mol. The van der Waals surface area contributed by atoms with Gasteiger partial charge >= 0.3 is 6.18 Å². The summed E-state index contributed by atoms with van der Waals surface area (Å²) in [6.45, 7) is 1.20. The monoisotopic (exact) mass is 480 g/mol. The average molecular weight is 480 g/mol. The summed E-state index contributed by atoms with van der Waals surface area (Å²) in [7, 11) is -3.71. The van der Waals surface area contributed by atoms with Crippen molar-refractivity contribution in [3.63, 3.8) is 0 Å².